The smallest absolute Gasteiger partial charge is 0.223 e. The Hall–Kier alpha value is -2.02. The van der Waals surface area contributed by atoms with Gasteiger partial charge in [-0.25, -0.2) is 0 Å². The van der Waals surface area contributed by atoms with Crippen molar-refractivity contribution in [1.82, 2.24) is 20.1 Å². The molecule has 29 heavy (non-hydrogen) atoms. The van der Waals surface area contributed by atoms with Crippen molar-refractivity contribution < 1.29 is 9.53 Å². The predicted octanol–water partition coefficient (Wildman–Crippen LogP) is 4.02. The van der Waals surface area contributed by atoms with Gasteiger partial charge < -0.3 is 10.1 Å². The Bertz CT molecular complexity index is 811. The second kappa shape index (κ2) is 9.65. The van der Waals surface area contributed by atoms with Gasteiger partial charge in [0.25, 0.3) is 0 Å². The number of ether oxygens (including phenoxy) is 1. The number of carbonyl (C=O) groups is 1. The van der Waals surface area contributed by atoms with Crippen LogP contribution >= 0.6 is 11.8 Å². The van der Waals surface area contributed by atoms with E-state index in [1.165, 1.54) is 32.1 Å². The zero-order valence-electron chi connectivity index (χ0n) is 17.1. The maximum Gasteiger partial charge on any atom is 0.223 e. The quantitative estimate of drug-likeness (QED) is 0.628. The van der Waals surface area contributed by atoms with Gasteiger partial charge in [-0.15, -0.1) is 10.2 Å². The van der Waals surface area contributed by atoms with E-state index in [2.05, 4.69) is 20.1 Å². The summed E-state index contributed by atoms with van der Waals surface area (Å²) in [6, 6.07) is 8.01. The monoisotopic (exact) mass is 414 g/mol. The van der Waals surface area contributed by atoms with Crippen molar-refractivity contribution >= 4 is 17.7 Å². The highest BCUT2D eigenvalue weighted by Gasteiger charge is 2.29. The molecule has 1 N–H and O–H groups in total. The van der Waals surface area contributed by atoms with Crippen LogP contribution in [-0.2, 0) is 11.2 Å². The van der Waals surface area contributed by atoms with Crippen molar-refractivity contribution in [2.24, 2.45) is 11.8 Å². The first-order chi connectivity index (χ1) is 14.2. The van der Waals surface area contributed by atoms with Crippen molar-refractivity contribution in [2.45, 2.75) is 56.5 Å². The molecule has 2 aliphatic carbocycles. The minimum atomic E-state index is 0.174. The Kier molecular flexibility index (Phi) is 6.74. The van der Waals surface area contributed by atoms with Crippen molar-refractivity contribution in [3.63, 3.8) is 0 Å². The lowest BCUT2D eigenvalue weighted by Gasteiger charge is -2.20. The first-order valence-electron chi connectivity index (χ1n) is 10.7. The van der Waals surface area contributed by atoms with E-state index in [4.69, 9.17) is 4.74 Å². The van der Waals surface area contributed by atoms with Gasteiger partial charge in [-0.2, -0.15) is 0 Å². The summed E-state index contributed by atoms with van der Waals surface area (Å²) in [5.74, 6) is 3.99. The van der Waals surface area contributed by atoms with Crippen LogP contribution in [0.3, 0.4) is 0 Å². The Morgan fingerprint density at radius 3 is 2.59 bits per heavy atom. The number of aromatic nitrogens is 3. The number of amides is 1. The maximum absolute atomic E-state index is 11.9. The van der Waals surface area contributed by atoms with Crippen LogP contribution < -0.4 is 10.1 Å². The highest BCUT2D eigenvalue weighted by molar-refractivity contribution is 7.99. The number of rotatable bonds is 9. The normalized spacial score (nSPS) is 17.3. The van der Waals surface area contributed by atoms with Gasteiger partial charge in [-0.05, 0) is 55.9 Å². The SMILES string of the molecule is COc1ccc(-n2c(CCNC(=O)C3CC3)nnc2SCC2CCCCC2)cc1. The summed E-state index contributed by atoms with van der Waals surface area (Å²) in [4.78, 5) is 11.9. The molecule has 0 unspecified atom stereocenters. The lowest BCUT2D eigenvalue weighted by molar-refractivity contribution is -0.122. The van der Waals surface area contributed by atoms with E-state index in [0.29, 0.717) is 13.0 Å². The summed E-state index contributed by atoms with van der Waals surface area (Å²) in [5.41, 5.74) is 1.03. The van der Waals surface area contributed by atoms with E-state index in [-0.39, 0.29) is 11.8 Å². The van der Waals surface area contributed by atoms with E-state index in [1.807, 2.05) is 24.3 Å². The number of carbonyl (C=O) groups excluding carboxylic acids is 1. The second-order valence-electron chi connectivity index (χ2n) is 8.06. The first kappa shape index (κ1) is 20.3. The van der Waals surface area contributed by atoms with Crippen LogP contribution in [0.25, 0.3) is 5.69 Å². The van der Waals surface area contributed by atoms with Gasteiger partial charge in [-0.1, -0.05) is 31.0 Å². The van der Waals surface area contributed by atoms with Gasteiger partial charge in [-0.3, -0.25) is 9.36 Å². The molecule has 0 spiro atoms. The van der Waals surface area contributed by atoms with Crippen LogP contribution in [0.15, 0.2) is 29.4 Å². The number of nitrogens with one attached hydrogen (secondary N) is 1. The molecular formula is C22H30N4O2S. The number of thioether (sulfide) groups is 1. The van der Waals surface area contributed by atoms with Crippen LogP contribution in [0.2, 0.25) is 0 Å². The van der Waals surface area contributed by atoms with Crippen LogP contribution in [0.1, 0.15) is 50.8 Å². The summed E-state index contributed by atoms with van der Waals surface area (Å²) in [6.07, 6.45) is 9.44. The third-order valence-electron chi connectivity index (χ3n) is 5.80. The van der Waals surface area contributed by atoms with Gasteiger partial charge >= 0.3 is 0 Å². The lowest BCUT2D eigenvalue weighted by Crippen LogP contribution is -2.27. The third kappa shape index (κ3) is 5.32. The number of benzene rings is 1. The molecule has 0 aliphatic heterocycles. The summed E-state index contributed by atoms with van der Waals surface area (Å²) < 4.78 is 7.44. The minimum Gasteiger partial charge on any atom is -0.497 e. The molecule has 0 saturated heterocycles. The van der Waals surface area contributed by atoms with Crippen molar-refractivity contribution in [3.05, 3.63) is 30.1 Å². The molecule has 1 aromatic carbocycles. The van der Waals surface area contributed by atoms with Crippen LogP contribution in [0.4, 0.5) is 0 Å². The zero-order chi connectivity index (χ0) is 20.1. The fraction of sp³-hybridized carbons (Fsp3) is 0.591. The molecule has 4 rings (SSSR count). The van der Waals surface area contributed by atoms with E-state index < -0.39 is 0 Å². The molecule has 2 aromatic rings. The highest BCUT2D eigenvalue weighted by Crippen LogP contribution is 2.31. The van der Waals surface area contributed by atoms with E-state index in [9.17, 15) is 4.79 Å². The molecule has 7 heteroatoms. The molecule has 1 amide bonds. The Morgan fingerprint density at radius 2 is 1.90 bits per heavy atom. The van der Waals surface area contributed by atoms with E-state index >= 15 is 0 Å². The third-order valence-corrected chi connectivity index (χ3v) is 6.96. The van der Waals surface area contributed by atoms with Gasteiger partial charge in [0.15, 0.2) is 5.16 Å². The molecule has 6 nitrogen and oxygen atoms in total. The number of hydrogen-bond donors (Lipinski definition) is 1. The van der Waals surface area contributed by atoms with Gasteiger partial charge in [0, 0.05) is 30.3 Å². The summed E-state index contributed by atoms with van der Waals surface area (Å²) in [6.45, 7) is 0.594. The van der Waals surface area contributed by atoms with Crippen molar-refractivity contribution in [3.8, 4) is 11.4 Å². The second-order valence-corrected chi connectivity index (χ2v) is 9.05. The minimum absolute atomic E-state index is 0.174. The summed E-state index contributed by atoms with van der Waals surface area (Å²) in [5, 5.41) is 12.9. The predicted molar refractivity (Wildman–Crippen MR) is 115 cm³/mol. The lowest BCUT2D eigenvalue weighted by atomic mass is 9.91. The molecule has 0 radical (unpaired) electrons. The molecule has 156 valence electrons. The Labute approximate surface area is 176 Å². The topological polar surface area (TPSA) is 69.0 Å². The number of nitrogens with zero attached hydrogens (tertiary/aromatic N) is 3. The maximum atomic E-state index is 11.9. The van der Waals surface area contributed by atoms with Gasteiger partial charge in [0.2, 0.25) is 5.91 Å². The molecule has 0 atom stereocenters. The average Bonchev–Trinajstić information content (AvgIpc) is 3.54. The van der Waals surface area contributed by atoms with E-state index in [1.54, 1.807) is 18.9 Å². The molecule has 2 fully saturated rings. The summed E-state index contributed by atoms with van der Waals surface area (Å²) >= 11 is 1.80. The van der Waals surface area contributed by atoms with Gasteiger partial charge in [0.05, 0.1) is 7.11 Å². The Morgan fingerprint density at radius 1 is 1.14 bits per heavy atom. The molecule has 2 saturated carbocycles. The average molecular weight is 415 g/mol. The molecule has 1 aromatic heterocycles. The fourth-order valence-electron chi connectivity index (χ4n) is 3.88. The van der Waals surface area contributed by atoms with Crippen LogP contribution in [0, 0.1) is 11.8 Å². The van der Waals surface area contributed by atoms with E-state index in [0.717, 1.165) is 46.9 Å². The molecule has 2 aliphatic rings. The van der Waals surface area contributed by atoms with Gasteiger partial charge in [0.1, 0.15) is 11.6 Å². The first-order valence-corrected chi connectivity index (χ1v) is 11.7. The zero-order valence-corrected chi connectivity index (χ0v) is 17.9. The van der Waals surface area contributed by atoms with Crippen LogP contribution in [-0.4, -0.2) is 40.1 Å². The van der Waals surface area contributed by atoms with Crippen LogP contribution in [0.5, 0.6) is 5.75 Å². The molecular weight excluding hydrogens is 384 g/mol. The number of methoxy groups -OCH3 is 1. The standard InChI is InChI=1S/C22H30N4O2S/c1-28-19-11-9-18(10-12-19)26-20(13-14-23-21(27)17-7-8-17)24-25-22(26)29-15-16-5-3-2-4-6-16/h9-12,16-17H,2-8,13-15H2,1H3,(H,23,27). The number of hydrogen-bond acceptors (Lipinski definition) is 5. The largest absolute Gasteiger partial charge is 0.497 e. The Balaban J connectivity index is 1.47. The highest BCUT2D eigenvalue weighted by atomic mass is 32.2. The fourth-order valence-corrected chi connectivity index (χ4v) is 5.04. The van der Waals surface area contributed by atoms with Crippen molar-refractivity contribution in [2.75, 3.05) is 19.4 Å². The summed E-state index contributed by atoms with van der Waals surface area (Å²) in [7, 11) is 1.67. The van der Waals surface area contributed by atoms with Crippen molar-refractivity contribution in [1.29, 1.82) is 0 Å². The molecule has 1 heterocycles. The molecule has 0 bridgehead atoms.